The van der Waals surface area contributed by atoms with E-state index in [1.165, 1.54) is 0 Å². The Bertz CT molecular complexity index is 381. The minimum Gasteiger partial charge on any atom is -0.376 e. The van der Waals surface area contributed by atoms with Crippen molar-refractivity contribution in [2.75, 3.05) is 19.7 Å². The van der Waals surface area contributed by atoms with E-state index in [-0.39, 0.29) is 17.9 Å². The molecule has 0 aromatic heterocycles. The van der Waals surface area contributed by atoms with Crippen LogP contribution in [0.1, 0.15) is 39.0 Å². The average Bonchev–Trinajstić information content (AvgIpc) is 2.45. The SMILES string of the molecule is CCCOC1CCCN(C(=O)C2=NNC(=O)CC2)C1. The number of ether oxygens (including phenoxy) is 1. The fraction of sp³-hybridized carbons (Fsp3) is 0.769. The molecule has 1 fully saturated rings. The van der Waals surface area contributed by atoms with Crippen molar-refractivity contribution < 1.29 is 14.3 Å². The van der Waals surface area contributed by atoms with Crippen molar-refractivity contribution in [3.05, 3.63) is 0 Å². The van der Waals surface area contributed by atoms with Crippen molar-refractivity contribution in [1.29, 1.82) is 0 Å². The van der Waals surface area contributed by atoms with Gasteiger partial charge in [0, 0.05) is 32.5 Å². The number of hydrazone groups is 1. The Morgan fingerprint density at radius 2 is 2.37 bits per heavy atom. The van der Waals surface area contributed by atoms with E-state index in [0.717, 1.165) is 32.4 Å². The molecule has 0 bridgehead atoms. The van der Waals surface area contributed by atoms with Gasteiger partial charge in [-0.15, -0.1) is 0 Å². The van der Waals surface area contributed by atoms with Gasteiger partial charge in [-0.1, -0.05) is 6.92 Å². The molecule has 0 radical (unpaired) electrons. The Labute approximate surface area is 113 Å². The van der Waals surface area contributed by atoms with Gasteiger partial charge in [-0.25, -0.2) is 5.43 Å². The second-order valence-electron chi connectivity index (χ2n) is 4.98. The number of rotatable bonds is 4. The highest BCUT2D eigenvalue weighted by atomic mass is 16.5. The highest BCUT2D eigenvalue weighted by Gasteiger charge is 2.28. The zero-order valence-corrected chi connectivity index (χ0v) is 11.4. The number of carbonyl (C=O) groups excluding carboxylic acids is 2. The van der Waals surface area contributed by atoms with Crippen LogP contribution in [0.25, 0.3) is 0 Å². The predicted molar refractivity (Wildman–Crippen MR) is 70.7 cm³/mol. The van der Waals surface area contributed by atoms with Gasteiger partial charge < -0.3 is 9.64 Å². The van der Waals surface area contributed by atoms with Crippen LogP contribution >= 0.6 is 0 Å². The van der Waals surface area contributed by atoms with Gasteiger partial charge in [0.15, 0.2) is 0 Å². The van der Waals surface area contributed by atoms with Crippen LogP contribution in [0.5, 0.6) is 0 Å². The summed E-state index contributed by atoms with van der Waals surface area (Å²) >= 11 is 0. The van der Waals surface area contributed by atoms with Crippen LogP contribution in [0.3, 0.4) is 0 Å². The van der Waals surface area contributed by atoms with Gasteiger partial charge in [-0.3, -0.25) is 9.59 Å². The first kappa shape index (κ1) is 14.0. The van der Waals surface area contributed by atoms with Gasteiger partial charge >= 0.3 is 0 Å². The third-order valence-corrected chi connectivity index (χ3v) is 3.37. The van der Waals surface area contributed by atoms with E-state index in [4.69, 9.17) is 4.74 Å². The molecule has 1 saturated heterocycles. The lowest BCUT2D eigenvalue weighted by Crippen LogP contribution is -2.47. The van der Waals surface area contributed by atoms with Gasteiger partial charge in [-0.05, 0) is 19.3 Å². The maximum Gasteiger partial charge on any atom is 0.270 e. The number of piperidine rings is 1. The topological polar surface area (TPSA) is 71.0 Å². The van der Waals surface area contributed by atoms with Crippen LogP contribution in [-0.2, 0) is 14.3 Å². The zero-order valence-electron chi connectivity index (χ0n) is 11.4. The first-order chi connectivity index (χ1) is 9.20. The van der Waals surface area contributed by atoms with Crippen molar-refractivity contribution >= 4 is 17.5 Å². The molecule has 2 heterocycles. The smallest absolute Gasteiger partial charge is 0.270 e. The van der Waals surface area contributed by atoms with Gasteiger partial charge in [0.2, 0.25) is 5.91 Å². The fourth-order valence-electron chi connectivity index (χ4n) is 2.35. The largest absolute Gasteiger partial charge is 0.376 e. The maximum atomic E-state index is 12.3. The Morgan fingerprint density at radius 1 is 1.53 bits per heavy atom. The van der Waals surface area contributed by atoms with Crippen LogP contribution in [0, 0.1) is 0 Å². The number of carbonyl (C=O) groups is 2. The molecule has 2 amide bonds. The molecule has 2 rings (SSSR count). The van der Waals surface area contributed by atoms with Crippen molar-refractivity contribution in [1.82, 2.24) is 10.3 Å². The minimum atomic E-state index is -0.126. The van der Waals surface area contributed by atoms with Gasteiger partial charge in [0.05, 0.1) is 6.10 Å². The van der Waals surface area contributed by atoms with E-state index >= 15 is 0 Å². The lowest BCUT2D eigenvalue weighted by molar-refractivity contribution is -0.128. The monoisotopic (exact) mass is 267 g/mol. The number of hydrogen-bond acceptors (Lipinski definition) is 4. The third kappa shape index (κ3) is 3.76. The van der Waals surface area contributed by atoms with Crippen LogP contribution < -0.4 is 5.43 Å². The summed E-state index contributed by atoms with van der Waals surface area (Å²) in [5.41, 5.74) is 2.82. The van der Waals surface area contributed by atoms with E-state index in [1.54, 1.807) is 4.90 Å². The first-order valence-corrected chi connectivity index (χ1v) is 6.97. The summed E-state index contributed by atoms with van der Waals surface area (Å²) in [5, 5.41) is 3.86. The molecule has 2 aliphatic rings. The molecule has 0 aromatic rings. The van der Waals surface area contributed by atoms with E-state index in [1.807, 2.05) is 0 Å². The summed E-state index contributed by atoms with van der Waals surface area (Å²) in [6.45, 7) is 4.19. The number of likely N-dealkylation sites (tertiary alicyclic amines) is 1. The van der Waals surface area contributed by atoms with Crippen LogP contribution in [0.4, 0.5) is 0 Å². The van der Waals surface area contributed by atoms with Crippen molar-refractivity contribution in [3.63, 3.8) is 0 Å². The summed E-state index contributed by atoms with van der Waals surface area (Å²) in [6, 6.07) is 0. The van der Waals surface area contributed by atoms with Gasteiger partial charge in [0.25, 0.3) is 5.91 Å². The summed E-state index contributed by atoms with van der Waals surface area (Å²) in [5.74, 6) is -0.191. The molecule has 2 aliphatic heterocycles. The fourth-order valence-corrected chi connectivity index (χ4v) is 2.35. The quantitative estimate of drug-likeness (QED) is 0.814. The van der Waals surface area contributed by atoms with Gasteiger partial charge in [0.1, 0.15) is 5.71 Å². The number of nitrogens with zero attached hydrogens (tertiary/aromatic N) is 2. The van der Waals surface area contributed by atoms with Crippen molar-refractivity contribution in [2.45, 2.75) is 45.1 Å². The highest BCUT2D eigenvalue weighted by Crippen LogP contribution is 2.15. The second kappa shape index (κ2) is 6.65. The molecule has 6 heteroatoms. The van der Waals surface area contributed by atoms with E-state index in [2.05, 4.69) is 17.5 Å². The lowest BCUT2D eigenvalue weighted by Gasteiger charge is -2.33. The van der Waals surface area contributed by atoms with E-state index in [9.17, 15) is 9.59 Å². The third-order valence-electron chi connectivity index (χ3n) is 3.37. The molecule has 0 aromatic carbocycles. The predicted octanol–water partition coefficient (Wildman–Crippen LogP) is 0.670. The Balaban J connectivity index is 1.90. The summed E-state index contributed by atoms with van der Waals surface area (Å²) in [4.78, 5) is 25.1. The summed E-state index contributed by atoms with van der Waals surface area (Å²) < 4.78 is 5.71. The molecule has 1 atom stereocenters. The van der Waals surface area contributed by atoms with Crippen LogP contribution in [0.15, 0.2) is 5.10 Å². The second-order valence-corrected chi connectivity index (χ2v) is 4.98. The molecule has 0 aliphatic carbocycles. The molecular weight excluding hydrogens is 246 g/mol. The molecule has 106 valence electrons. The summed E-state index contributed by atoms with van der Waals surface area (Å²) in [7, 11) is 0. The highest BCUT2D eigenvalue weighted by molar-refractivity contribution is 6.39. The minimum absolute atomic E-state index is 0.0650. The molecule has 1 N–H and O–H groups in total. The first-order valence-electron chi connectivity index (χ1n) is 6.97. The molecule has 0 saturated carbocycles. The van der Waals surface area contributed by atoms with Crippen molar-refractivity contribution in [3.8, 4) is 0 Å². The standard InChI is InChI=1S/C13H21N3O3/c1-2-8-19-10-4-3-7-16(9-10)13(18)11-5-6-12(17)15-14-11/h10H,2-9H2,1H3,(H,15,17). The van der Waals surface area contributed by atoms with Crippen LogP contribution in [0.2, 0.25) is 0 Å². The zero-order chi connectivity index (χ0) is 13.7. The molecular formula is C13H21N3O3. The molecule has 1 unspecified atom stereocenters. The lowest BCUT2D eigenvalue weighted by atomic mass is 10.1. The number of nitrogens with one attached hydrogen (secondary N) is 1. The number of amides is 2. The molecule has 6 nitrogen and oxygen atoms in total. The Kier molecular flexibility index (Phi) is 4.90. The Hall–Kier alpha value is -1.43. The normalized spacial score (nSPS) is 23.8. The van der Waals surface area contributed by atoms with Crippen molar-refractivity contribution in [2.24, 2.45) is 5.10 Å². The molecule has 0 spiro atoms. The van der Waals surface area contributed by atoms with E-state index < -0.39 is 0 Å². The van der Waals surface area contributed by atoms with Crippen LogP contribution in [-0.4, -0.2) is 48.2 Å². The Morgan fingerprint density at radius 3 is 3.05 bits per heavy atom. The average molecular weight is 267 g/mol. The van der Waals surface area contributed by atoms with Gasteiger partial charge in [-0.2, -0.15) is 5.10 Å². The number of hydrogen-bond donors (Lipinski definition) is 1. The molecule has 19 heavy (non-hydrogen) atoms. The maximum absolute atomic E-state index is 12.3. The van der Waals surface area contributed by atoms with E-state index in [0.29, 0.717) is 25.1 Å². The summed E-state index contributed by atoms with van der Waals surface area (Å²) in [6.07, 6.45) is 3.86.